The number of rotatable bonds is 8. The molecule has 0 bridgehead atoms. The second-order valence-electron chi connectivity index (χ2n) is 4.76. The first-order valence-electron chi connectivity index (χ1n) is 7.12. The lowest BCUT2D eigenvalue weighted by atomic mass is 10.2. The zero-order valence-electron chi connectivity index (χ0n) is 13.3. The molecule has 0 spiro atoms. The molecule has 0 radical (unpaired) electrons. The fraction of sp³-hybridized carbons (Fsp3) is 0.235. The maximum absolute atomic E-state index is 12.7. The molecule has 24 heavy (non-hydrogen) atoms. The second kappa shape index (κ2) is 9.24. The smallest absolute Gasteiger partial charge is 0.188 e. The van der Waals surface area contributed by atoms with E-state index in [1.54, 1.807) is 19.2 Å². The lowest BCUT2D eigenvalue weighted by molar-refractivity contribution is 0.108. The molecular formula is C17H17Cl2O4P. The fourth-order valence-corrected chi connectivity index (χ4v) is 3.89. The van der Waals surface area contributed by atoms with Crippen molar-refractivity contribution in [3.63, 3.8) is 0 Å². The van der Waals surface area contributed by atoms with E-state index in [0.29, 0.717) is 30.3 Å². The van der Waals surface area contributed by atoms with Crippen LogP contribution in [0.1, 0.15) is 10.4 Å². The van der Waals surface area contributed by atoms with Crippen molar-refractivity contribution >= 4 is 42.6 Å². The van der Waals surface area contributed by atoms with Crippen LogP contribution >= 0.6 is 31.8 Å². The molecule has 1 atom stereocenters. The SMILES string of the molecule is COCCOc1ccccc1PC(=O)c1c(Cl)cc(OC)cc1Cl. The summed E-state index contributed by atoms with van der Waals surface area (Å²) in [5, 5.41) is 1.34. The van der Waals surface area contributed by atoms with Crippen LogP contribution in [0.25, 0.3) is 0 Å². The van der Waals surface area contributed by atoms with Crippen LogP contribution in [0.5, 0.6) is 11.5 Å². The summed E-state index contributed by atoms with van der Waals surface area (Å²) in [6.45, 7) is 0.887. The number of hydrogen-bond donors (Lipinski definition) is 0. The van der Waals surface area contributed by atoms with Crippen molar-refractivity contribution in [3.8, 4) is 11.5 Å². The fourth-order valence-electron chi connectivity index (χ4n) is 2.00. The third kappa shape index (κ3) is 4.84. The predicted octanol–water partition coefficient (Wildman–Crippen LogP) is 4.17. The Kier molecular flexibility index (Phi) is 7.32. The molecule has 0 aromatic heterocycles. The monoisotopic (exact) mass is 386 g/mol. The molecule has 2 rings (SSSR count). The van der Waals surface area contributed by atoms with E-state index < -0.39 is 0 Å². The van der Waals surface area contributed by atoms with Crippen molar-refractivity contribution in [3.05, 3.63) is 52.0 Å². The normalized spacial score (nSPS) is 11.0. The molecule has 0 aliphatic rings. The van der Waals surface area contributed by atoms with Gasteiger partial charge in [-0.1, -0.05) is 41.4 Å². The molecule has 0 aliphatic heterocycles. The van der Waals surface area contributed by atoms with Gasteiger partial charge in [-0.2, -0.15) is 0 Å². The van der Waals surface area contributed by atoms with Gasteiger partial charge in [-0.15, -0.1) is 0 Å². The largest absolute Gasteiger partial charge is 0.497 e. The van der Waals surface area contributed by atoms with E-state index in [4.69, 9.17) is 37.4 Å². The number of carbonyl (C=O) groups is 1. The van der Waals surface area contributed by atoms with E-state index in [9.17, 15) is 4.79 Å². The summed E-state index contributed by atoms with van der Waals surface area (Å²) in [5.41, 5.74) is 0.139. The van der Waals surface area contributed by atoms with Crippen LogP contribution < -0.4 is 14.8 Å². The van der Waals surface area contributed by atoms with Crippen LogP contribution in [0.2, 0.25) is 10.0 Å². The lowest BCUT2D eigenvalue weighted by Gasteiger charge is -2.12. The highest BCUT2D eigenvalue weighted by molar-refractivity contribution is 7.66. The summed E-state index contributed by atoms with van der Waals surface area (Å²) >= 11 is 12.4. The van der Waals surface area contributed by atoms with Crippen molar-refractivity contribution in [2.75, 3.05) is 27.4 Å². The molecule has 7 heteroatoms. The molecule has 0 saturated carbocycles. The predicted molar refractivity (Wildman–Crippen MR) is 99.1 cm³/mol. The molecule has 0 fully saturated rings. The molecule has 0 N–H and O–H groups in total. The van der Waals surface area contributed by atoms with E-state index in [0.717, 1.165) is 5.30 Å². The summed E-state index contributed by atoms with van der Waals surface area (Å²) < 4.78 is 15.7. The van der Waals surface area contributed by atoms with Crippen molar-refractivity contribution in [1.82, 2.24) is 0 Å². The molecule has 0 saturated heterocycles. The first-order chi connectivity index (χ1) is 11.6. The Morgan fingerprint density at radius 2 is 1.75 bits per heavy atom. The van der Waals surface area contributed by atoms with E-state index in [-0.39, 0.29) is 24.2 Å². The third-order valence-corrected chi connectivity index (χ3v) is 4.91. The number of hydrogen-bond acceptors (Lipinski definition) is 4. The molecule has 0 aliphatic carbocycles. The molecule has 2 aromatic carbocycles. The Balaban J connectivity index is 2.21. The van der Waals surface area contributed by atoms with Gasteiger partial charge in [0.2, 0.25) is 0 Å². The van der Waals surface area contributed by atoms with Crippen LogP contribution in [0.15, 0.2) is 36.4 Å². The van der Waals surface area contributed by atoms with Crippen molar-refractivity contribution in [2.45, 2.75) is 0 Å². The Bertz CT molecular complexity index is 698. The Hall–Kier alpha value is -1.32. The highest BCUT2D eigenvalue weighted by atomic mass is 35.5. The molecule has 128 valence electrons. The van der Waals surface area contributed by atoms with Gasteiger partial charge in [0.15, 0.2) is 5.52 Å². The maximum Gasteiger partial charge on any atom is 0.188 e. The van der Waals surface area contributed by atoms with Crippen LogP contribution in [0.4, 0.5) is 0 Å². The van der Waals surface area contributed by atoms with Gasteiger partial charge < -0.3 is 14.2 Å². The Morgan fingerprint density at radius 1 is 1.08 bits per heavy atom. The van der Waals surface area contributed by atoms with E-state index >= 15 is 0 Å². The van der Waals surface area contributed by atoms with Crippen molar-refractivity contribution in [1.29, 1.82) is 0 Å². The van der Waals surface area contributed by atoms with Crippen molar-refractivity contribution in [2.24, 2.45) is 0 Å². The topological polar surface area (TPSA) is 44.8 Å². The molecule has 1 unspecified atom stereocenters. The van der Waals surface area contributed by atoms with Crippen LogP contribution in [0, 0.1) is 0 Å². The summed E-state index contributed by atoms with van der Waals surface area (Å²) in [6.07, 6.45) is 0. The molecular weight excluding hydrogens is 370 g/mol. The number of halogens is 2. The van der Waals surface area contributed by atoms with Gasteiger partial charge in [0.05, 0.1) is 29.3 Å². The number of benzene rings is 2. The molecule has 0 amide bonds. The Labute approximate surface area is 152 Å². The Morgan fingerprint density at radius 3 is 2.38 bits per heavy atom. The van der Waals surface area contributed by atoms with E-state index in [2.05, 4.69) is 0 Å². The van der Waals surface area contributed by atoms with Crippen LogP contribution in [-0.2, 0) is 4.74 Å². The molecule has 2 aromatic rings. The minimum Gasteiger partial charge on any atom is -0.497 e. The zero-order valence-corrected chi connectivity index (χ0v) is 15.8. The first-order valence-corrected chi connectivity index (χ1v) is 8.87. The van der Waals surface area contributed by atoms with Crippen LogP contribution in [-0.4, -0.2) is 33.0 Å². The second-order valence-corrected chi connectivity index (χ2v) is 6.81. The highest BCUT2D eigenvalue weighted by Crippen LogP contribution is 2.35. The van der Waals surface area contributed by atoms with Gasteiger partial charge in [-0.3, -0.25) is 4.79 Å². The lowest BCUT2D eigenvalue weighted by Crippen LogP contribution is -2.11. The van der Waals surface area contributed by atoms with Gasteiger partial charge >= 0.3 is 0 Å². The summed E-state index contributed by atoms with van der Waals surface area (Å²) in [7, 11) is 2.96. The molecule has 0 heterocycles. The van der Waals surface area contributed by atoms with Gasteiger partial charge in [-0.25, -0.2) is 0 Å². The zero-order chi connectivity index (χ0) is 17.5. The van der Waals surface area contributed by atoms with E-state index in [1.165, 1.54) is 7.11 Å². The van der Waals surface area contributed by atoms with Gasteiger partial charge in [0.25, 0.3) is 0 Å². The first kappa shape index (κ1) is 19.0. The summed E-state index contributed by atoms with van der Waals surface area (Å²) in [6, 6.07) is 10.5. The average Bonchev–Trinajstić information content (AvgIpc) is 2.55. The van der Waals surface area contributed by atoms with Crippen LogP contribution in [0.3, 0.4) is 0 Å². The number of methoxy groups -OCH3 is 2. The number of carbonyl (C=O) groups excluding carboxylic acids is 1. The minimum atomic E-state index is -0.158. The molecule has 4 nitrogen and oxygen atoms in total. The number of para-hydroxylation sites is 1. The highest BCUT2D eigenvalue weighted by Gasteiger charge is 2.18. The van der Waals surface area contributed by atoms with Gasteiger partial charge in [-0.05, 0) is 26.8 Å². The van der Waals surface area contributed by atoms with Gasteiger partial charge in [0, 0.05) is 12.4 Å². The van der Waals surface area contributed by atoms with Gasteiger partial charge in [0.1, 0.15) is 18.1 Å². The summed E-state index contributed by atoms with van der Waals surface area (Å²) in [4.78, 5) is 12.7. The quantitative estimate of drug-likeness (QED) is 0.504. The van der Waals surface area contributed by atoms with E-state index in [1.807, 2.05) is 24.3 Å². The van der Waals surface area contributed by atoms with Crippen molar-refractivity contribution < 1.29 is 19.0 Å². The maximum atomic E-state index is 12.7. The third-order valence-electron chi connectivity index (χ3n) is 3.16. The number of ether oxygens (including phenoxy) is 3. The standard InChI is InChI=1S/C17H17Cl2O4P/c1-21-7-8-23-14-5-3-4-6-15(14)24-17(20)16-12(18)9-11(22-2)10-13(16)19/h3-6,9-10,24H,7-8H2,1-2H3. The minimum absolute atomic E-state index is 0.157. The summed E-state index contributed by atoms with van der Waals surface area (Å²) in [5.74, 6) is 1.16. The average molecular weight is 387 g/mol.